The highest BCUT2D eigenvalue weighted by atomic mass is 32.2. The van der Waals surface area contributed by atoms with Crippen LogP contribution in [0, 0.1) is 0 Å². The zero-order chi connectivity index (χ0) is 15.2. The van der Waals surface area contributed by atoms with E-state index in [1.807, 2.05) is 12.1 Å². The summed E-state index contributed by atoms with van der Waals surface area (Å²) in [5.74, 6) is 3.35. The molecule has 0 spiro atoms. The minimum absolute atomic E-state index is 0.250. The zero-order valence-electron chi connectivity index (χ0n) is 13.3. The SMILES string of the molecule is COc1cc(C(C)NCC2CCCS2)cc(OC)c1OC. The van der Waals surface area contributed by atoms with Crippen molar-refractivity contribution in [3.8, 4) is 17.2 Å². The Kier molecular flexibility index (Phi) is 6.06. The summed E-state index contributed by atoms with van der Waals surface area (Å²) >= 11 is 2.07. The second-order valence-electron chi connectivity index (χ2n) is 5.22. The van der Waals surface area contributed by atoms with Gasteiger partial charge in [0.2, 0.25) is 5.75 Å². The molecule has 2 unspecified atom stereocenters. The van der Waals surface area contributed by atoms with E-state index in [0.29, 0.717) is 17.2 Å². The third kappa shape index (κ3) is 3.98. The summed E-state index contributed by atoms with van der Waals surface area (Å²) in [6, 6.07) is 4.28. The first kappa shape index (κ1) is 16.3. The zero-order valence-corrected chi connectivity index (χ0v) is 14.1. The van der Waals surface area contributed by atoms with Crippen LogP contribution in [0.1, 0.15) is 31.4 Å². The Hall–Kier alpha value is -1.07. The third-order valence-electron chi connectivity index (χ3n) is 3.86. The van der Waals surface area contributed by atoms with Crippen molar-refractivity contribution in [1.82, 2.24) is 5.32 Å². The lowest BCUT2D eigenvalue weighted by molar-refractivity contribution is 0.323. The van der Waals surface area contributed by atoms with Gasteiger partial charge in [-0.1, -0.05) is 0 Å². The van der Waals surface area contributed by atoms with Crippen LogP contribution in [-0.2, 0) is 0 Å². The quantitative estimate of drug-likeness (QED) is 0.837. The van der Waals surface area contributed by atoms with E-state index in [0.717, 1.165) is 17.4 Å². The maximum atomic E-state index is 5.41. The Bertz CT molecular complexity index is 436. The predicted octanol–water partition coefficient (Wildman–Crippen LogP) is 3.26. The Morgan fingerprint density at radius 1 is 1.19 bits per heavy atom. The number of hydrogen-bond acceptors (Lipinski definition) is 5. The van der Waals surface area contributed by atoms with Crippen LogP contribution in [-0.4, -0.2) is 38.9 Å². The molecule has 1 saturated heterocycles. The molecule has 0 aliphatic carbocycles. The highest BCUT2D eigenvalue weighted by Gasteiger charge is 2.19. The molecule has 1 aromatic carbocycles. The van der Waals surface area contributed by atoms with Gasteiger partial charge in [-0.25, -0.2) is 0 Å². The van der Waals surface area contributed by atoms with Gasteiger partial charge in [-0.3, -0.25) is 0 Å². The fraction of sp³-hybridized carbons (Fsp3) is 0.625. The van der Waals surface area contributed by atoms with Crippen molar-refractivity contribution in [2.75, 3.05) is 33.6 Å². The van der Waals surface area contributed by atoms with E-state index >= 15 is 0 Å². The molecule has 0 amide bonds. The normalized spacial score (nSPS) is 19.3. The summed E-state index contributed by atoms with van der Waals surface area (Å²) in [6.07, 6.45) is 2.66. The van der Waals surface area contributed by atoms with Crippen molar-refractivity contribution in [2.24, 2.45) is 0 Å². The van der Waals surface area contributed by atoms with Crippen LogP contribution >= 0.6 is 11.8 Å². The van der Waals surface area contributed by atoms with E-state index in [1.165, 1.54) is 18.6 Å². The van der Waals surface area contributed by atoms with Crippen molar-refractivity contribution in [3.63, 3.8) is 0 Å². The molecule has 1 aliphatic rings. The average molecular weight is 311 g/mol. The Labute approximate surface area is 131 Å². The minimum Gasteiger partial charge on any atom is -0.493 e. The number of hydrogen-bond donors (Lipinski definition) is 1. The van der Waals surface area contributed by atoms with Crippen LogP contribution in [0.5, 0.6) is 17.2 Å². The Morgan fingerprint density at radius 3 is 2.33 bits per heavy atom. The van der Waals surface area contributed by atoms with Gasteiger partial charge >= 0.3 is 0 Å². The summed E-state index contributed by atoms with van der Waals surface area (Å²) < 4.78 is 16.2. The number of benzene rings is 1. The van der Waals surface area contributed by atoms with Crippen molar-refractivity contribution in [1.29, 1.82) is 0 Å². The molecule has 21 heavy (non-hydrogen) atoms. The van der Waals surface area contributed by atoms with Crippen LogP contribution < -0.4 is 19.5 Å². The second kappa shape index (κ2) is 7.80. The van der Waals surface area contributed by atoms with Gasteiger partial charge in [0.15, 0.2) is 11.5 Å². The second-order valence-corrected chi connectivity index (χ2v) is 6.63. The number of rotatable bonds is 7. The van der Waals surface area contributed by atoms with E-state index in [1.54, 1.807) is 21.3 Å². The molecule has 1 fully saturated rings. The number of nitrogens with one attached hydrogen (secondary N) is 1. The smallest absolute Gasteiger partial charge is 0.203 e. The molecule has 0 bridgehead atoms. The van der Waals surface area contributed by atoms with E-state index in [4.69, 9.17) is 14.2 Å². The first-order chi connectivity index (χ1) is 10.2. The highest BCUT2D eigenvalue weighted by molar-refractivity contribution is 8.00. The fourth-order valence-electron chi connectivity index (χ4n) is 2.58. The molecular formula is C16H25NO3S. The van der Waals surface area contributed by atoms with Crippen molar-refractivity contribution >= 4 is 11.8 Å². The first-order valence-electron chi connectivity index (χ1n) is 7.34. The topological polar surface area (TPSA) is 39.7 Å². The van der Waals surface area contributed by atoms with E-state index in [2.05, 4.69) is 24.0 Å². The maximum absolute atomic E-state index is 5.41. The lowest BCUT2D eigenvalue weighted by atomic mass is 10.1. The van der Waals surface area contributed by atoms with Crippen LogP contribution in [0.4, 0.5) is 0 Å². The summed E-state index contributed by atoms with van der Waals surface area (Å²) in [5, 5.41) is 4.35. The molecule has 0 radical (unpaired) electrons. The van der Waals surface area contributed by atoms with Crippen LogP contribution in [0.15, 0.2) is 12.1 Å². The van der Waals surface area contributed by atoms with Gasteiger partial charge in [0, 0.05) is 17.8 Å². The summed E-state index contributed by atoms with van der Waals surface area (Å²) in [5.41, 5.74) is 1.15. The molecule has 0 aromatic heterocycles. The predicted molar refractivity (Wildman–Crippen MR) is 88.0 cm³/mol. The van der Waals surface area contributed by atoms with Crippen molar-refractivity contribution in [2.45, 2.75) is 31.1 Å². The van der Waals surface area contributed by atoms with Crippen molar-refractivity contribution in [3.05, 3.63) is 17.7 Å². The summed E-state index contributed by atoms with van der Waals surface area (Å²) in [6.45, 7) is 3.21. The van der Waals surface area contributed by atoms with Gasteiger partial charge in [-0.2, -0.15) is 11.8 Å². The molecule has 1 N–H and O–H groups in total. The maximum Gasteiger partial charge on any atom is 0.203 e. The number of ether oxygens (including phenoxy) is 3. The molecule has 118 valence electrons. The minimum atomic E-state index is 0.250. The molecular weight excluding hydrogens is 286 g/mol. The molecule has 5 heteroatoms. The highest BCUT2D eigenvalue weighted by Crippen LogP contribution is 2.39. The number of methoxy groups -OCH3 is 3. The molecule has 1 heterocycles. The van der Waals surface area contributed by atoms with Gasteiger partial charge in [-0.15, -0.1) is 0 Å². The monoisotopic (exact) mass is 311 g/mol. The van der Waals surface area contributed by atoms with E-state index < -0.39 is 0 Å². The Balaban J connectivity index is 2.10. The molecule has 2 atom stereocenters. The van der Waals surface area contributed by atoms with Gasteiger partial charge in [-0.05, 0) is 43.2 Å². The number of thioether (sulfide) groups is 1. The molecule has 2 rings (SSSR count). The summed E-state index contributed by atoms with van der Waals surface area (Å²) in [4.78, 5) is 0. The lowest BCUT2D eigenvalue weighted by Crippen LogP contribution is -2.26. The fourth-order valence-corrected chi connectivity index (χ4v) is 3.80. The van der Waals surface area contributed by atoms with Crippen LogP contribution in [0.3, 0.4) is 0 Å². The standard InChI is InChI=1S/C16H25NO3S/c1-11(17-10-13-6-5-7-21-13)12-8-14(18-2)16(20-4)15(9-12)19-3/h8-9,11,13,17H,5-7,10H2,1-4H3. The van der Waals surface area contributed by atoms with Gasteiger partial charge < -0.3 is 19.5 Å². The van der Waals surface area contributed by atoms with Crippen molar-refractivity contribution < 1.29 is 14.2 Å². The third-order valence-corrected chi connectivity index (χ3v) is 5.26. The van der Waals surface area contributed by atoms with Crippen LogP contribution in [0.25, 0.3) is 0 Å². The van der Waals surface area contributed by atoms with E-state index in [9.17, 15) is 0 Å². The van der Waals surface area contributed by atoms with Gasteiger partial charge in [0.05, 0.1) is 21.3 Å². The largest absolute Gasteiger partial charge is 0.493 e. The lowest BCUT2D eigenvalue weighted by Gasteiger charge is -2.20. The van der Waals surface area contributed by atoms with Gasteiger partial charge in [0.25, 0.3) is 0 Å². The van der Waals surface area contributed by atoms with E-state index in [-0.39, 0.29) is 6.04 Å². The van der Waals surface area contributed by atoms with Crippen LogP contribution in [0.2, 0.25) is 0 Å². The van der Waals surface area contributed by atoms with Gasteiger partial charge in [0.1, 0.15) is 0 Å². The molecule has 0 saturated carbocycles. The Morgan fingerprint density at radius 2 is 1.86 bits per heavy atom. The first-order valence-corrected chi connectivity index (χ1v) is 8.39. The summed E-state index contributed by atoms with van der Waals surface area (Å²) in [7, 11) is 4.92. The average Bonchev–Trinajstić information content (AvgIpc) is 3.04. The molecule has 4 nitrogen and oxygen atoms in total. The molecule has 1 aromatic rings. The molecule has 1 aliphatic heterocycles.